The Bertz CT molecular complexity index is 919. The fourth-order valence-corrected chi connectivity index (χ4v) is 3.30. The van der Waals surface area contributed by atoms with Crippen molar-refractivity contribution in [2.24, 2.45) is 10.2 Å². The normalized spacial score (nSPS) is 15.4. The number of ether oxygens (including phenoxy) is 2. The van der Waals surface area contributed by atoms with E-state index in [0.717, 1.165) is 11.1 Å². The van der Waals surface area contributed by atoms with E-state index in [1.165, 1.54) is 11.8 Å². The minimum Gasteiger partial charge on any atom is -0.493 e. The summed E-state index contributed by atoms with van der Waals surface area (Å²) in [6.45, 7) is 0.282. The molecule has 2 aromatic rings. The van der Waals surface area contributed by atoms with E-state index in [2.05, 4.69) is 15.5 Å². The lowest BCUT2D eigenvalue weighted by Gasteiger charge is -2.12. The van der Waals surface area contributed by atoms with Gasteiger partial charge in [-0.1, -0.05) is 41.0 Å². The first-order valence-electron chi connectivity index (χ1n) is 7.83. The van der Waals surface area contributed by atoms with Gasteiger partial charge in [0.2, 0.25) is 5.91 Å². The molecule has 1 amide bonds. The Morgan fingerprint density at radius 3 is 2.78 bits per heavy atom. The maximum atomic E-state index is 11.1. The van der Waals surface area contributed by atoms with Crippen molar-refractivity contribution in [1.29, 1.82) is 0 Å². The number of amidine groups is 1. The third-order valence-electron chi connectivity index (χ3n) is 3.53. The summed E-state index contributed by atoms with van der Waals surface area (Å²) in [6, 6.07) is 10.6. The minimum atomic E-state index is -0.0714. The van der Waals surface area contributed by atoms with Gasteiger partial charge in [-0.15, -0.1) is 5.10 Å². The van der Waals surface area contributed by atoms with Crippen LogP contribution in [-0.4, -0.2) is 30.2 Å². The number of carbonyl (C=O) groups excluding carboxylic acids is 1. The molecule has 1 aliphatic rings. The summed E-state index contributed by atoms with van der Waals surface area (Å²) in [4.78, 5) is 11.1. The zero-order valence-electron chi connectivity index (χ0n) is 14.2. The van der Waals surface area contributed by atoms with Crippen molar-refractivity contribution in [3.05, 3.63) is 57.6 Å². The molecular formula is C18H15Cl2N3O3S. The number of methoxy groups -OCH3 is 1. The zero-order chi connectivity index (χ0) is 19.2. The van der Waals surface area contributed by atoms with E-state index in [9.17, 15) is 4.79 Å². The number of hydrogen-bond donors (Lipinski definition) is 1. The van der Waals surface area contributed by atoms with Crippen LogP contribution in [0.4, 0.5) is 0 Å². The van der Waals surface area contributed by atoms with Crippen LogP contribution in [0.2, 0.25) is 10.0 Å². The molecule has 2 aromatic carbocycles. The predicted octanol–water partition coefficient (Wildman–Crippen LogP) is 4.13. The molecule has 6 nitrogen and oxygen atoms in total. The molecule has 9 heteroatoms. The Morgan fingerprint density at radius 2 is 2.07 bits per heavy atom. The van der Waals surface area contributed by atoms with E-state index < -0.39 is 0 Å². The van der Waals surface area contributed by atoms with Crippen molar-refractivity contribution in [2.75, 3.05) is 12.9 Å². The Hall–Kier alpha value is -2.22. The molecule has 0 saturated carbocycles. The van der Waals surface area contributed by atoms with Gasteiger partial charge in [0.05, 0.1) is 19.1 Å². The van der Waals surface area contributed by atoms with Crippen LogP contribution in [0, 0.1) is 0 Å². The number of thioether (sulfide) groups is 1. The largest absolute Gasteiger partial charge is 0.493 e. The number of hydrogen-bond acceptors (Lipinski definition) is 6. The van der Waals surface area contributed by atoms with Gasteiger partial charge in [-0.25, -0.2) is 0 Å². The molecule has 0 unspecified atom stereocenters. The summed E-state index contributed by atoms with van der Waals surface area (Å²) in [6.07, 6.45) is 1.57. The molecule has 0 spiro atoms. The molecule has 0 radical (unpaired) electrons. The molecule has 1 aliphatic heterocycles. The van der Waals surface area contributed by atoms with Crippen LogP contribution in [0.1, 0.15) is 11.1 Å². The van der Waals surface area contributed by atoms with Gasteiger partial charge in [0.25, 0.3) is 0 Å². The number of amides is 1. The molecule has 3 rings (SSSR count). The second kappa shape index (κ2) is 9.12. The average molecular weight is 424 g/mol. The molecule has 1 heterocycles. The van der Waals surface area contributed by atoms with Gasteiger partial charge in [0, 0.05) is 15.6 Å². The summed E-state index contributed by atoms with van der Waals surface area (Å²) in [5, 5.41) is 12.2. The quantitative estimate of drug-likeness (QED) is 0.559. The van der Waals surface area contributed by atoms with Crippen LogP contribution in [-0.2, 0) is 11.4 Å². The summed E-state index contributed by atoms with van der Waals surface area (Å²) < 4.78 is 11.2. The SMILES string of the molecule is COc1cc(C=NN=C2NC(=O)CS2)ccc1OCc1ccc(Cl)cc1Cl. The first kappa shape index (κ1) is 19.5. The van der Waals surface area contributed by atoms with Crippen LogP contribution in [0.15, 0.2) is 46.6 Å². The number of halogens is 2. The van der Waals surface area contributed by atoms with Crippen LogP contribution >= 0.6 is 35.0 Å². The van der Waals surface area contributed by atoms with Crippen molar-refractivity contribution >= 4 is 52.3 Å². The molecule has 140 valence electrons. The Labute approximate surface area is 170 Å². The molecule has 1 saturated heterocycles. The number of benzene rings is 2. The van der Waals surface area contributed by atoms with E-state index in [1.807, 2.05) is 12.1 Å². The van der Waals surface area contributed by atoms with E-state index in [1.54, 1.807) is 37.6 Å². The van der Waals surface area contributed by atoms with Gasteiger partial charge in [-0.05, 0) is 35.9 Å². The Kier molecular flexibility index (Phi) is 6.60. The van der Waals surface area contributed by atoms with Crippen LogP contribution < -0.4 is 14.8 Å². The highest BCUT2D eigenvalue weighted by Gasteiger charge is 2.16. The molecule has 0 aromatic heterocycles. The predicted molar refractivity (Wildman–Crippen MR) is 109 cm³/mol. The van der Waals surface area contributed by atoms with Crippen molar-refractivity contribution < 1.29 is 14.3 Å². The van der Waals surface area contributed by atoms with Crippen molar-refractivity contribution in [3.8, 4) is 11.5 Å². The van der Waals surface area contributed by atoms with Gasteiger partial charge in [-0.2, -0.15) is 5.10 Å². The summed E-state index contributed by atoms with van der Waals surface area (Å²) >= 11 is 13.4. The lowest BCUT2D eigenvalue weighted by molar-refractivity contribution is -0.116. The van der Waals surface area contributed by atoms with E-state index in [0.29, 0.717) is 32.5 Å². The maximum absolute atomic E-state index is 11.1. The third kappa shape index (κ3) is 5.38. The highest BCUT2D eigenvalue weighted by atomic mass is 35.5. The zero-order valence-corrected chi connectivity index (χ0v) is 16.6. The van der Waals surface area contributed by atoms with Gasteiger partial charge in [0.15, 0.2) is 16.7 Å². The number of carbonyl (C=O) groups is 1. The lowest BCUT2D eigenvalue weighted by Crippen LogP contribution is -2.19. The van der Waals surface area contributed by atoms with Crippen molar-refractivity contribution in [3.63, 3.8) is 0 Å². The number of rotatable bonds is 6. The van der Waals surface area contributed by atoms with E-state index in [-0.39, 0.29) is 12.5 Å². The second-order valence-corrected chi connectivity index (χ2v) is 7.23. The highest BCUT2D eigenvalue weighted by molar-refractivity contribution is 8.15. The number of nitrogens with zero attached hydrogens (tertiary/aromatic N) is 2. The topological polar surface area (TPSA) is 72.3 Å². The third-order valence-corrected chi connectivity index (χ3v) is 4.98. The van der Waals surface area contributed by atoms with Crippen molar-refractivity contribution in [2.45, 2.75) is 6.61 Å². The molecule has 0 bridgehead atoms. The Balaban J connectivity index is 1.67. The van der Waals surface area contributed by atoms with Crippen LogP contribution in [0.3, 0.4) is 0 Å². The molecule has 0 atom stereocenters. The fourth-order valence-electron chi connectivity index (χ4n) is 2.21. The monoisotopic (exact) mass is 423 g/mol. The highest BCUT2D eigenvalue weighted by Crippen LogP contribution is 2.29. The van der Waals surface area contributed by atoms with Crippen LogP contribution in [0.25, 0.3) is 0 Å². The van der Waals surface area contributed by atoms with Gasteiger partial charge < -0.3 is 14.8 Å². The standard InChI is InChI=1S/C18H15Cl2N3O3S/c1-25-16-6-11(8-21-23-18-22-17(24)10-27-18)2-5-15(16)26-9-12-3-4-13(19)7-14(12)20/h2-8H,9-10H2,1H3,(H,22,23,24). The smallest absolute Gasteiger partial charge is 0.236 e. The molecular weight excluding hydrogens is 409 g/mol. The first-order chi connectivity index (χ1) is 13.0. The van der Waals surface area contributed by atoms with Crippen molar-refractivity contribution in [1.82, 2.24) is 5.32 Å². The summed E-state index contributed by atoms with van der Waals surface area (Å²) in [5.74, 6) is 1.43. The van der Waals surface area contributed by atoms with Gasteiger partial charge in [-0.3, -0.25) is 4.79 Å². The maximum Gasteiger partial charge on any atom is 0.236 e. The Morgan fingerprint density at radius 1 is 1.22 bits per heavy atom. The molecule has 1 fully saturated rings. The minimum absolute atomic E-state index is 0.0714. The van der Waals surface area contributed by atoms with E-state index >= 15 is 0 Å². The lowest BCUT2D eigenvalue weighted by atomic mass is 10.2. The van der Waals surface area contributed by atoms with Crippen LogP contribution in [0.5, 0.6) is 11.5 Å². The molecule has 0 aliphatic carbocycles. The fraction of sp³-hybridized carbons (Fsp3) is 0.167. The summed E-state index contributed by atoms with van der Waals surface area (Å²) in [5.41, 5.74) is 1.60. The summed E-state index contributed by atoms with van der Waals surface area (Å²) in [7, 11) is 1.56. The number of nitrogens with one attached hydrogen (secondary N) is 1. The van der Waals surface area contributed by atoms with E-state index in [4.69, 9.17) is 32.7 Å². The second-order valence-electron chi connectivity index (χ2n) is 5.42. The molecule has 1 N–H and O–H groups in total. The van der Waals surface area contributed by atoms with Gasteiger partial charge >= 0.3 is 0 Å². The first-order valence-corrected chi connectivity index (χ1v) is 9.58. The molecule has 27 heavy (non-hydrogen) atoms. The average Bonchev–Trinajstić information content (AvgIpc) is 3.06. The van der Waals surface area contributed by atoms with Gasteiger partial charge in [0.1, 0.15) is 6.61 Å².